The van der Waals surface area contributed by atoms with Crippen molar-refractivity contribution in [1.82, 2.24) is 14.3 Å². The van der Waals surface area contributed by atoms with E-state index in [1.54, 1.807) is 29.9 Å². The van der Waals surface area contributed by atoms with Crippen LogP contribution in [0.2, 0.25) is 0 Å². The minimum absolute atomic E-state index is 0.133. The Kier molecular flexibility index (Phi) is 4.35. The molecule has 2 heterocycles. The third-order valence-electron chi connectivity index (χ3n) is 4.08. The highest BCUT2D eigenvalue weighted by Crippen LogP contribution is 2.33. The zero-order valence-corrected chi connectivity index (χ0v) is 13.7. The van der Waals surface area contributed by atoms with Crippen molar-refractivity contribution in [2.24, 2.45) is 12.2 Å². The molecule has 0 spiro atoms. The Labute approximate surface area is 142 Å². The number of aryl methyl sites for hydroxylation is 2. The first kappa shape index (κ1) is 16.8. The molecular weight excluding hydrogens is 330 g/mol. The van der Waals surface area contributed by atoms with Crippen molar-refractivity contribution in [2.45, 2.75) is 19.9 Å². The zero-order chi connectivity index (χ0) is 18.1. The number of hydrogen-bond acceptors (Lipinski definition) is 4. The molecule has 0 amide bonds. The third-order valence-corrected chi connectivity index (χ3v) is 4.08. The molecule has 2 aromatic heterocycles. The molecule has 0 unspecified atom stereocenters. The first-order chi connectivity index (χ1) is 12.0. The lowest BCUT2D eigenvalue weighted by Crippen LogP contribution is -2.06. The van der Waals surface area contributed by atoms with Gasteiger partial charge in [-0.2, -0.15) is 14.4 Å². The summed E-state index contributed by atoms with van der Waals surface area (Å²) in [6.45, 7) is 1.72. The molecule has 0 radical (unpaired) electrons. The van der Waals surface area contributed by atoms with Gasteiger partial charge in [0.25, 0.3) is 0 Å². The summed E-state index contributed by atoms with van der Waals surface area (Å²) in [5.74, 6) is -3.34. The highest BCUT2D eigenvalue weighted by atomic mass is 19.2. The molecule has 1 N–H and O–H groups in total. The molecule has 6 nitrogen and oxygen atoms in total. The number of aromatic nitrogens is 3. The van der Waals surface area contributed by atoms with Crippen LogP contribution in [0.3, 0.4) is 0 Å². The van der Waals surface area contributed by atoms with Crippen LogP contribution < -0.4 is 0 Å². The van der Waals surface area contributed by atoms with Gasteiger partial charge in [0.15, 0.2) is 11.6 Å². The van der Waals surface area contributed by atoms with Crippen LogP contribution in [0.15, 0.2) is 35.6 Å². The van der Waals surface area contributed by atoms with Gasteiger partial charge in [0.1, 0.15) is 12.2 Å². The average Bonchev–Trinajstić information content (AvgIpc) is 3.16. The van der Waals surface area contributed by atoms with Crippen LogP contribution in [0.1, 0.15) is 18.2 Å². The summed E-state index contributed by atoms with van der Waals surface area (Å²) in [6, 6.07) is 5.89. The molecule has 0 aliphatic rings. The van der Waals surface area contributed by atoms with Crippen molar-refractivity contribution in [3.05, 3.63) is 58.3 Å². The van der Waals surface area contributed by atoms with E-state index in [1.165, 1.54) is 10.7 Å². The van der Waals surface area contributed by atoms with Gasteiger partial charge >= 0.3 is 0 Å². The first-order valence-corrected chi connectivity index (χ1v) is 7.68. The number of phenols is 1. The summed E-state index contributed by atoms with van der Waals surface area (Å²) < 4.78 is 31.3. The first-order valence-electron chi connectivity index (χ1n) is 7.68. The molecule has 0 bridgehead atoms. The summed E-state index contributed by atoms with van der Waals surface area (Å²) in [7, 11) is 1.80. The summed E-state index contributed by atoms with van der Waals surface area (Å²) in [5, 5.41) is 16.7. The Morgan fingerprint density at radius 1 is 1.24 bits per heavy atom. The minimum Gasteiger partial charge on any atom is -0.505 e. The number of benzene rings is 1. The largest absolute Gasteiger partial charge is 0.505 e. The molecule has 0 aliphatic heterocycles. The van der Waals surface area contributed by atoms with E-state index < -0.39 is 17.4 Å². The Morgan fingerprint density at radius 2 is 2.00 bits per heavy atom. The zero-order valence-electron chi connectivity index (χ0n) is 13.7. The summed E-state index contributed by atoms with van der Waals surface area (Å²) in [4.78, 5) is 10.9. The maximum atomic E-state index is 14.4. The standard InChI is InChI=1S/C17H16F2N4O2/c1-3-11-10(9-20-25)17(13-5-4-8-22(13)2)23(21-11)12-6-7-14(24)16(19)15(12)18/h4-8,24H,3,9H2,1-2H3. The van der Waals surface area contributed by atoms with E-state index >= 15 is 0 Å². The quantitative estimate of drug-likeness (QED) is 0.716. The SMILES string of the molecule is CCc1nn(-c2ccc(O)c(F)c2F)c(-c2cccn2C)c1CN=O. The van der Waals surface area contributed by atoms with E-state index in [0.29, 0.717) is 29.1 Å². The van der Waals surface area contributed by atoms with Crippen LogP contribution in [0.5, 0.6) is 5.75 Å². The fourth-order valence-corrected chi connectivity index (χ4v) is 2.85. The lowest BCUT2D eigenvalue weighted by molar-refractivity contribution is 0.405. The molecule has 0 saturated carbocycles. The van der Waals surface area contributed by atoms with Crippen LogP contribution in [-0.4, -0.2) is 19.5 Å². The Hall–Kier alpha value is -3.03. The molecule has 0 saturated heterocycles. The van der Waals surface area contributed by atoms with Gasteiger partial charge in [-0.15, -0.1) is 0 Å². The fourth-order valence-electron chi connectivity index (χ4n) is 2.85. The molecule has 1 aromatic carbocycles. The summed E-state index contributed by atoms with van der Waals surface area (Å²) >= 11 is 0. The maximum Gasteiger partial charge on any atom is 0.202 e. The molecule has 0 fully saturated rings. The van der Waals surface area contributed by atoms with Crippen LogP contribution in [0, 0.1) is 16.5 Å². The lowest BCUT2D eigenvalue weighted by atomic mass is 10.1. The Balaban J connectivity index is 2.36. The Morgan fingerprint density at radius 3 is 2.60 bits per heavy atom. The predicted octanol–water partition coefficient (Wildman–Crippen LogP) is 3.69. The van der Waals surface area contributed by atoms with Gasteiger partial charge in [0.2, 0.25) is 5.82 Å². The van der Waals surface area contributed by atoms with E-state index in [2.05, 4.69) is 10.3 Å². The fraction of sp³-hybridized carbons (Fsp3) is 0.235. The van der Waals surface area contributed by atoms with Crippen LogP contribution >= 0.6 is 0 Å². The van der Waals surface area contributed by atoms with E-state index in [4.69, 9.17) is 0 Å². The van der Waals surface area contributed by atoms with Gasteiger partial charge in [-0.25, -0.2) is 9.07 Å². The van der Waals surface area contributed by atoms with Crippen molar-refractivity contribution < 1.29 is 13.9 Å². The predicted molar refractivity (Wildman–Crippen MR) is 88.4 cm³/mol. The van der Waals surface area contributed by atoms with Crippen molar-refractivity contribution in [3.8, 4) is 22.8 Å². The van der Waals surface area contributed by atoms with Crippen molar-refractivity contribution in [3.63, 3.8) is 0 Å². The highest BCUT2D eigenvalue weighted by molar-refractivity contribution is 5.65. The number of nitroso groups, excluding NO2 is 1. The van der Waals surface area contributed by atoms with Gasteiger partial charge in [-0.1, -0.05) is 12.1 Å². The number of aromatic hydroxyl groups is 1. The molecule has 25 heavy (non-hydrogen) atoms. The van der Waals surface area contributed by atoms with Crippen LogP contribution in [0.25, 0.3) is 17.1 Å². The van der Waals surface area contributed by atoms with Crippen molar-refractivity contribution in [1.29, 1.82) is 0 Å². The molecule has 3 rings (SSSR count). The lowest BCUT2D eigenvalue weighted by Gasteiger charge is -2.11. The second kappa shape index (κ2) is 6.46. The van der Waals surface area contributed by atoms with Crippen LogP contribution in [0.4, 0.5) is 8.78 Å². The number of nitrogens with zero attached hydrogens (tertiary/aromatic N) is 4. The summed E-state index contributed by atoms with van der Waals surface area (Å²) in [5.41, 5.74) is 2.13. The number of hydrogen-bond donors (Lipinski definition) is 1. The van der Waals surface area contributed by atoms with Crippen molar-refractivity contribution in [2.75, 3.05) is 0 Å². The molecular formula is C17H16F2N4O2. The van der Waals surface area contributed by atoms with Gasteiger partial charge in [0.05, 0.1) is 17.1 Å². The average molecular weight is 346 g/mol. The topological polar surface area (TPSA) is 72.4 Å². The second-order valence-electron chi connectivity index (χ2n) is 5.56. The Bertz CT molecular complexity index is 947. The smallest absolute Gasteiger partial charge is 0.202 e. The van der Waals surface area contributed by atoms with Gasteiger partial charge in [-0.05, 0) is 30.7 Å². The highest BCUT2D eigenvalue weighted by Gasteiger charge is 2.24. The van der Waals surface area contributed by atoms with Crippen LogP contribution in [-0.2, 0) is 20.0 Å². The minimum atomic E-state index is -1.35. The normalized spacial score (nSPS) is 11.0. The molecule has 8 heteroatoms. The number of rotatable bonds is 5. The van der Waals surface area contributed by atoms with Crippen molar-refractivity contribution >= 4 is 0 Å². The maximum absolute atomic E-state index is 14.4. The van der Waals surface area contributed by atoms with E-state index in [9.17, 15) is 18.8 Å². The van der Waals surface area contributed by atoms with E-state index in [0.717, 1.165) is 6.07 Å². The molecule has 3 aromatic rings. The van der Waals surface area contributed by atoms with Gasteiger partial charge < -0.3 is 9.67 Å². The van der Waals surface area contributed by atoms with Gasteiger partial charge in [0, 0.05) is 18.8 Å². The number of phenolic OH excluding ortho intramolecular Hbond substituents is 1. The van der Waals surface area contributed by atoms with E-state index in [-0.39, 0.29) is 12.2 Å². The molecule has 0 atom stereocenters. The number of halogens is 2. The summed E-state index contributed by atoms with van der Waals surface area (Å²) in [6.07, 6.45) is 2.29. The molecule has 130 valence electrons. The monoisotopic (exact) mass is 346 g/mol. The third kappa shape index (κ3) is 2.69. The molecule has 0 aliphatic carbocycles. The van der Waals surface area contributed by atoms with E-state index in [1.807, 2.05) is 6.92 Å². The second-order valence-corrected chi connectivity index (χ2v) is 5.56. The van der Waals surface area contributed by atoms with Gasteiger partial charge in [-0.3, -0.25) is 0 Å².